The number of thiophene rings is 1. The largest absolute Gasteiger partial charge is 0.203 e. The molecule has 0 saturated heterocycles. The van der Waals surface area contributed by atoms with Gasteiger partial charge in [0.1, 0.15) is 0 Å². The minimum atomic E-state index is -2.20. The van der Waals surface area contributed by atoms with Crippen LogP contribution in [0.15, 0.2) is 126 Å². The lowest BCUT2D eigenvalue weighted by Gasteiger charge is -2.20. The maximum Gasteiger partial charge on any atom is 0.200 e. The number of benzene rings is 6. The van der Waals surface area contributed by atoms with Crippen molar-refractivity contribution in [2.45, 2.75) is 4.90 Å². The lowest BCUT2D eigenvalue weighted by Crippen LogP contribution is -2.04. The number of hydrogen-bond donors (Lipinski definition) is 1. The summed E-state index contributed by atoms with van der Waals surface area (Å²) in [5.41, 5.74) is 3.87. The molecule has 0 fully saturated rings. The maximum atomic E-state index is 15.9. The molecule has 0 spiro atoms. The Hall–Kier alpha value is -4.72. The topological polar surface area (TPSA) is 0 Å². The van der Waals surface area contributed by atoms with Crippen LogP contribution in [0.3, 0.4) is 0 Å². The summed E-state index contributed by atoms with van der Waals surface area (Å²) >= 11 is 6.35. The van der Waals surface area contributed by atoms with Gasteiger partial charge in [-0.15, -0.1) is 24.0 Å². The molecule has 0 atom stereocenters. The first-order valence-corrected chi connectivity index (χ1v) is 15.2. The SMILES string of the molecule is Fc1c(F)c(F)c(-c2c(-c3ccccc3)sc3c(-c4ccccc4)c(-c4ccccc4)c(S)c(-c4ccccc4)c23)c(F)c1F. The van der Waals surface area contributed by atoms with Gasteiger partial charge in [-0.05, 0) is 22.3 Å². The van der Waals surface area contributed by atoms with E-state index in [-0.39, 0.29) is 5.56 Å². The van der Waals surface area contributed by atoms with Gasteiger partial charge in [0.25, 0.3) is 0 Å². The van der Waals surface area contributed by atoms with E-state index in [0.29, 0.717) is 36.5 Å². The fourth-order valence-electron chi connectivity index (χ4n) is 5.83. The summed E-state index contributed by atoms with van der Waals surface area (Å²) < 4.78 is 76.5. The van der Waals surface area contributed by atoms with Crippen LogP contribution in [-0.2, 0) is 0 Å². The second kappa shape index (κ2) is 11.7. The van der Waals surface area contributed by atoms with Gasteiger partial charge >= 0.3 is 0 Å². The Bertz CT molecular complexity index is 2170. The normalized spacial score (nSPS) is 11.3. The van der Waals surface area contributed by atoms with Gasteiger partial charge in [0.15, 0.2) is 23.3 Å². The van der Waals surface area contributed by atoms with Crippen molar-refractivity contribution in [3.63, 3.8) is 0 Å². The molecule has 1 aromatic heterocycles. The Labute approximate surface area is 265 Å². The van der Waals surface area contributed by atoms with E-state index in [9.17, 15) is 13.2 Å². The quantitative estimate of drug-likeness (QED) is 0.0826. The third-order valence-corrected chi connectivity index (χ3v) is 9.50. The summed E-state index contributed by atoms with van der Waals surface area (Å²) in [5, 5.41) is 0.344. The lowest BCUT2D eigenvalue weighted by atomic mass is 9.85. The Morgan fingerprint density at radius 3 is 1.22 bits per heavy atom. The van der Waals surface area contributed by atoms with Crippen LogP contribution in [0, 0.1) is 29.1 Å². The van der Waals surface area contributed by atoms with Crippen molar-refractivity contribution >= 4 is 34.1 Å². The summed E-state index contributed by atoms with van der Waals surface area (Å²) in [7, 11) is 0. The van der Waals surface area contributed by atoms with E-state index >= 15 is 8.78 Å². The Balaban J connectivity index is 1.80. The van der Waals surface area contributed by atoms with Crippen LogP contribution >= 0.6 is 24.0 Å². The van der Waals surface area contributed by atoms with Gasteiger partial charge < -0.3 is 0 Å². The molecule has 45 heavy (non-hydrogen) atoms. The number of rotatable bonds is 5. The second-order valence-electron chi connectivity index (χ2n) is 10.4. The van der Waals surface area contributed by atoms with Crippen LogP contribution in [0.25, 0.3) is 65.0 Å². The molecule has 0 aliphatic rings. The van der Waals surface area contributed by atoms with Gasteiger partial charge in [0.2, 0.25) is 5.82 Å². The predicted molar refractivity (Wildman–Crippen MR) is 176 cm³/mol. The zero-order valence-corrected chi connectivity index (χ0v) is 25.0. The van der Waals surface area contributed by atoms with Crippen LogP contribution in [0.1, 0.15) is 0 Å². The highest BCUT2D eigenvalue weighted by atomic mass is 32.1. The Morgan fingerprint density at radius 1 is 0.378 bits per heavy atom. The van der Waals surface area contributed by atoms with Gasteiger partial charge in [-0.25, -0.2) is 22.0 Å². The highest BCUT2D eigenvalue weighted by molar-refractivity contribution is 7.80. The lowest BCUT2D eigenvalue weighted by molar-refractivity contribution is 0.381. The predicted octanol–water partition coefficient (Wildman–Crippen LogP) is 12.2. The van der Waals surface area contributed by atoms with Gasteiger partial charge in [-0.1, -0.05) is 121 Å². The third-order valence-electron chi connectivity index (χ3n) is 7.79. The monoisotopic (exact) mass is 636 g/mol. The molecule has 0 N–H and O–H groups in total. The minimum Gasteiger partial charge on any atom is -0.203 e. The molecular weight excluding hydrogens is 616 g/mol. The molecule has 0 amide bonds. The van der Waals surface area contributed by atoms with Crippen LogP contribution < -0.4 is 0 Å². The molecular formula is C38H21F5S2. The molecule has 0 aliphatic carbocycles. The molecule has 0 nitrogen and oxygen atoms in total. The summed E-state index contributed by atoms with van der Waals surface area (Å²) in [6, 6.07) is 37.1. The molecule has 0 aliphatic heterocycles. The average molecular weight is 637 g/mol. The van der Waals surface area contributed by atoms with Gasteiger partial charge in [-0.2, -0.15) is 0 Å². The molecule has 220 valence electrons. The van der Waals surface area contributed by atoms with Gasteiger partial charge in [0, 0.05) is 42.1 Å². The first-order chi connectivity index (χ1) is 21.9. The van der Waals surface area contributed by atoms with Crippen LogP contribution in [0.5, 0.6) is 0 Å². The van der Waals surface area contributed by atoms with Crippen molar-refractivity contribution in [1.82, 2.24) is 0 Å². The highest BCUT2D eigenvalue weighted by Gasteiger charge is 2.33. The van der Waals surface area contributed by atoms with Gasteiger partial charge in [0.05, 0.1) is 5.56 Å². The van der Waals surface area contributed by atoms with Crippen LogP contribution in [-0.4, -0.2) is 0 Å². The van der Waals surface area contributed by atoms with E-state index in [1.54, 1.807) is 30.3 Å². The zero-order valence-electron chi connectivity index (χ0n) is 23.3. The van der Waals surface area contributed by atoms with Crippen molar-refractivity contribution in [3.8, 4) is 54.9 Å². The molecule has 7 rings (SSSR count). The molecule has 7 heteroatoms. The van der Waals surface area contributed by atoms with Crippen molar-refractivity contribution < 1.29 is 22.0 Å². The smallest absolute Gasteiger partial charge is 0.200 e. The van der Waals surface area contributed by atoms with Gasteiger partial charge in [-0.3, -0.25) is 0 Å². The van der Waals surface area contributed by atoms with Crippen molar-refractivity contribution in [3.05, 3.63) is 150 Å². The van der Waals surface area contributed by atoms with Crippen molar-refractivity contribution in [2.75, 3.05) is 0 Å². The van der Waals surface area contributed by atoms with E-state index in [0.717, 1.165) is 22.3 Å². The van der Waals surface area contributed by atoms with E-state index < -0.39 is 34.6 Å². The molecule has 7 aromatic rings. The summed E-state index contributed by atoms with van der Waals surface area (Å²) in [6.07, 6.45) is 0. The number of halogens is 5. The molecule has 0 unspecified atom stereocenters. The number of fused-ring (bicyclic) bond motifs is 1. The molecule has 0 radical (unpaired) electrons. The van der Waals surface area contributed by atoms with Crippen molar-refractivity contribution in [1.29, 1.82) is 0 Å². The van der Waals surface area contributed by atoms with Crippen molar-refractivity contribution in [2.24, 2.45) is 0 Å². The number of thiol groups is 1. The molecule has 1 heterocycles. The molecule has 0 saturated carbocycles. The average Bonchev–Trinajstić information content (AvgIpc) is 3.47. The fourth-order valence-corrected chi connectivity index (χ4v) is 7.70. The molecule has 6 aromatic carbocycles. The van der Waals surface area contributed by atoms with E-state index in [1.807, 2.05) is 91.0 Å². The zero-order chi connectivity index (χ0) is 31.2. The standard InChI is InChI=1S/C38H21F5S2/c39-31-30(32(40)34(42)35(43)33(31)41)29-28-26(22-15-7-2-8-16-22)36(44)25(21-13-5-1-6-14-21)27(23-17-9-3-10-18-23)38(28)45-37(29)24-19-11-4-12-20-24/h1-20,44H. The fraction of sp³-hybridized carbons (Fsp3) is 0. The van der Waals surface area contributed by atoms with Crippen LogP contribution in [0.2, 0.25) is 0 Å². The molecule has 0 bridgehead atoms. The summed E-state index contributed by atoms with van der Waals surface area (Å²) in [6.45, 7) is 0. The summed E-state index contributed by atoms with van der Waals surface area (Å²) in [4.78, 5) is 0.863. The Morgan fingerprint density at radius 2 is 0.756 bits per heavy atom. The van der Waals surface area contributed by atoms with E-state index in [1.165, 1.54) is 11.3 Å². The Kier molecular flexibility index (Phi) is 7.51. The highest BCUT2D eigenvalue weighted by Crippen LogP contribution is 2.57. The number of hydrogen-bond acceptors (Lipinski definition) is 2. The second-order valence-corrected chi connectivity index (χ2v) is 11.9. The summed E-state index contributed by atoms with van der Waals surface area (Å²) in [5.74, 6) is -9.99. The first-order valence-electron chi connectivity index (χ1n) is 14.0. The first kappa shape index (κ1) is 29.0. The third kappa shape index (κ3) is 4.74. The van der Waals surface area contributed by atoms with E-state index in [4.69, 9.17) is 12.6 Å². The van der Waals surface area contributed by atoms with E-state index in [2.05, 4.69) is 0 Å². The maximum absolute atomic E-state index is 15.9. The minimum absolute atomic E-state index is 0.0834. The van der Waals surface area contributed by atoms with Crippen LogP contribution in [0.4, 0.5) is 22.0 Å².